The minimum Gasteiger partial charge on any atom is -0.382 e. The Morgan fingerprint density at radius 2 is 1.83 bits per heavy atom. The summed E-state index contributed by atoms with van der Waals surface area (Å²) in [6.07, 6.45) is 1.18. The van der Waals surface area contributed by atoms with E-state index in [1.54, 1.807) is 18.2 Å². The number of nitrogen functional groups attached to an aromatic ring is 1. The first-order chi connectivity index (χ1) is 13.8. The van der Waals surface area contributed by atoms with Crippen molar-refractivity contribution in [2.24, 2.45) is 0 Å². The lowest BCUT2D eigenvalue weighted by Gasteiger charge is -2.10. The van der Waals surface area contributed by atoms with Crippen LogP contribution in [-0.4, -0.2) is 30.0 Å². The molecule has 0 saturated carbocycles. The second-order valence-corrected chi connectivity index (χ2v) is 9.16. The fourth-order valence-electron chi connectivity index (χ4n) is 2.57. The highest BCUT2D eigenvalue weighted by molar-refractivity contribution is 7.99. The third-order valence-electron chi connectivity index (χ3n) is 4.31. The van der Waals surface area contributed by atoms with Gasteiger partial charge in [-0.1, -0.05) is 42.1 Å². The van der Waals surface area contributed by atoms with Crippen LogP contribution in [-0.2, 0) is 14.6 Å². The Hall–Kier alpha value is -2.91. The molecule has 9 heteroatoms. The molecule has 0 radical (unpaired) electrons. The number of aryl methyl sites for hydroxylation is 1. The average Bonchev–Trinajstić information content (AvgIpc) is 2.70. The van der Waals surface area contributed by atoms with E-state index in [0.717, 1.165) is 28.6 Å². The maximum absolute atomic E-state index is 12.7. The molecule has 2 aromatic carbocycles. The summed E-state index contributed by atoms with van der Waals surface area (Å²) in [4.78, 5) is 20.3. The zero-order chi connectivity index (χ0) is 21.0. The Morgan fingerprint density at radius 1 is 1.10 bits per heavy atom. The van der Waals surface area contributed by atoms with Crippen LogP contribution in [0, 0.1) is 13.8 Å². The van der Waals surface area contributed by atoms with Gasteiger partial charge in [0.15, 0.2) is 5.16 Å². The number of nitrogens with two attached hydrogens (primary N) is 1. The van der Waals surface area contributed by atoms with Crippen molar-refractivity contribution in [3.05, 3.63) is 65.9 Å². The van der Waals surface area contributed by atoms with Gasteiger partial charge < -0.3 is 11.1 Å². The van der Waals surface area contributed by atoms with Crippen LogP contribution < -0.4 is 11.1 Å². The number of amides is 1. The largest absolute Gasteiger partial charge is 0.382 e. The molecule has 3 N–H and O–H groups in total. The van der Waals surface area contributed by atoms with Crippen LogP contribution >= 0.6 is 11.8 Å². The minimum absolute atomic E-state index is 0.0671. The van der Waals surface area contributed by atoms with Crippen molar-refractivity contribution in [3.8, 4) is 0 Å². The minimum atomic E-state index is -3.81. The lowest BCUT2D eigenvalue weighted by Crippen LogP contribution is -2.15. The number of hydrogen-bond acceptors (Lipinski definition) is 7. The Kier molecular flexibility index (Phi) is 6.19. The fraction of sp³-hybridized carbons (Fsp3) is 0.150. The first-order valence-electron chi connectivity index (χ1n) is 8.70. The van der Waals surface area contributed by atoms with Crippen LogP contribution in [0.25, 0.3) is 0 Å². The molecule has 0 saturated heterocycles. The molecule has 0 bridgehead atoms. The number of benzene rings is 2. The first-order valence-corrected chi connectivity index (χ1v) is 11.2. The van der Waals surface area contributed by atoms with Gasteiger partial charge in [0.2, 0.25) is 15.7 Å². The Balaban J connectivity index is 1.69. The van der Waals surface area contributed by atoms with Crippen molar-refractivity contribution in [1.29, 1.82) is 0 Å². The number of nitrogens with zero attached hydrogens (tertiary/aromatic N) is 2. The highest BCUT2D eigenvalue weighted by atomic mass is 32.2. The van der Waals surface area contributed by atoms with Crippen molar-refractivity contribution in [1.82, 2.24) is 9.97 Å². The lowest BCUT2D eigenvalue weighted by molar-refractivity contribution is -0.113. The normalized spacial score (nSPS) is 11.2. The third kappa shape index (κ3) is 4.75. The molecular formula is C20H20N4O3S2. The van der Waals surface area contributed by atoms with Gasteiger partial charge in [0, 0.05) is 5.69 Å². The number of thioether (sulfide) groups is 1. The van der Waals surface area contributed by atoms with Gasteiger partial charge in [0.1, 0.15) is 10.7 Å². The van der Waals surface area contributed by atoms with E-state index in [0.29, 0.717) is 0 Å². The quantitative estimate of drug-likeness (QED) is 0.457. The van der Waals surface area contributed by atoms with E-state index in [9.17, 15) is 13.2 Å². The topological polar surface area (TPSA) is 115 Å². The van der Waals surface area contributed by atoms with E-state index in [4.69, 9.17) is 5.73 Å². The summed E-state index contributed by atoms with van der Waals surface area (Å²) in [6.45, 7) is 3.91. The molecular weight excluding hydrogens is 408 g/mol. The number of carbonyl (C=O) groups is 1. The molecule has 1 aromatic heterocycles. The van der Waals surface area contributed by atoms with Crippen molar-refractivity contribution in [2.45, 2.75) is 28.8 Å². The molecule has 7 nitrogen and oxygen atoms in total. The van der Waals surface area contributed by atoms with E-state index in [1.807, 2.05) is 32.0 Å². The zero-order valence-electron chi connectivity index (χ0n) is 15.9. The van der Waals surface area contributed by atoms with E-state index >= 15 is 0 Å². The van der Waals surface area contributed by atoms with Gasteiger partial charge in [-0.2, -0.15) is 0 Å². The summed E-state index contributed by atoms with van der Waals surface area (Å²) in [6, 6.07) is 13.6. The van der Waals surface area contributed by atoms with Crippen LogP contribution in [0.5, 0.6) is 0 Å². The number of hydrogen-bond donors (Lipinski definition) is 2. The Bertz CT molecular complexity index is 1150. The molecule has 3 rings (SSSR count). The van der Waals surface area contributed by atoms with Crippen LogP contribution in [0.3, 0.4) is 0 Å². The SMILES string of the molecule is Cc1cccc(NC(=O)CSc2ncc(S(=O)(=O)c3ccccc3)c(N)n2)c1C. The zero-order valence-corrected chi connectivity index (χ0v) is 17.5. The van der Waals surface area contributed by atoms with E-state index in [2.05, 4.69) is 15.3 Å². The highest BCUT2D eigenvalue weighted by Gasteiger charge is 2.22. The number of anilines is 2. The molecule has 3 aromatic rings. The summed E-state index contributed by atoms with van der Waals surface area (Å²) in [7, 11) is -3.81. The lowest BCUT2D eigenvalue weighted by atomic mass is 10.1. The molecule has 150 valence electrons. The second kappa shape index (κ2) is 8.62. The average molecular weight is 429 g/mol. The van der Waals surface area contributed by atoms with Crippen molar-refractivity contribution < 1.29 is 13.2 Å². The molecule has 1 amide bonds. The van der Waals surface area contributed by atoms with E-state index in [-0.39, 0.29) is 32.4 Å². The van der Waals surface area contributed by atoms with E-state index in [1.165, 1.54) is 18.3 Å². The van der Waals surface area contributed by atoms with Gasteiger partial charge in [-0.3, -0.25) is 4.79 Å². The molecule has 0 spiro atoms. The first kappa shape index (κ1) is 20.8. The second-order valence-electron chi connectivity index (χ2n) is 6.30. The summed E-state index contributed by atoms with van der Waals surface area (Å²) < 4.78 is 25.3. The van der Waals surface area contributed by atoms with Gasteiger partial charge in [-0.05, 0) is 43.2 Å². The van der Waals surface area contributed by atoms with Gasteiger partial charge in [-0.15, -0.1) is 0 Å². The third-order valence-corrected chi connectivity index (χ3v) is 6.96. The monoisotopic (exact) mass is 428 g/mol. The predicted molar refractivity (Wildman–Crippen MR) is 114 cm³/mol. The fourth-order valence-corrected chi connectivity index (χ4v) is 4.48. The molecule has 0 atom stereocenters. The Labute approximate surface area is 173 Å². The number of rotatable bonds is 6. The number of carbonyl (C=O) groups excluding carboxylic acids is 1. The van der Waals surface area contributed by atoms with Gasteiger partial charge in [-0.25, -0.2) is 18.4 Å². The van der Waals surface area contributed by atoms with Crippen molar-refractivity contribution in [3.63, 3.8) is 0 Å². The summed E-state index contributed by atoms with van der Waals surface area (Å²) in [5, 5.41) is 3.08. The van der Waals surface area contributed by atoms with Crippen LogP contribution in [0.1, 0.15) is 11.1 Å². The number of nitrogens with one attached hydrogen (secondary N) is 1. The molecule has 0 aliphatic rings. The highest BCUT2D eigenvalue weighted by Crippen LogP contribution is 2.26. The Morgan fingerprint density at radius 3 is 2.52 bits per heavy atom. The van der Waals surface area contributed by atoms with Crippen molar-refractivity contribution >= 4 is 39.0 Å². The molecule has 0 fully saturated rings. The van der Waals surface area contributed by atoms with E-state index < -0.39 is 9.84 Å². The molecule has 0 aliphatic carbocycles. The summed E-state index contributed by atoms with van der Waals surface area (Å²) >= 11 is 1.08. The molecule has 1 heterocycles. The standard InChI is InChI=1S/C20H20N4O3S2/c1-13-7-6-10-16(14(13)2)23-18(25)12-28-20-22-11-17(19(21)24-20)29(26,27)15-8-4-3-5-9-15/h3-11H,12H2,1-2H3,(H,23,25)(H2,21,22,24). The van der Waals surface area contributed by atoms with Gasteiger partial charge in [0.05, 0.1) is 16.8 Å². The van der Waals surface area contributed by atoms with Crippen molar-refractivity contribution in [2.75, 3.05) is 16.8 Å². The molecule has 0 unspecified atom stereocenters. The van der Waals surface area contributed by atoms with Gasteiger partial charge in [0.25, 0.3) is 0 Å². The molecule has 0 aliphatic heterocycles. The maximum Gasteiger partial charge on any atom is 0.234 e. The number of aromatic nitrogens is 2. The predicted octanol–water partition coefficient (Wildman–Crippen LogP) is 3.24. The number of sulfone groups is 1. The molecule has 29 heavy (non-hydrogen) atoms. The van der Waals surface area contributed by atoms with Crippen LogP contribution in [0.4, 0.5) is 11.5 Å². The van der Waals surface area contributed by atoms with Gasteiger partial charge >= 0.3 is 0 Å². The smallest absolute Gasteiger partial charge is 0.234 e. The maximum atomic E-state index is 12.7. The van der Waals surface area contributed by atoms with Crippen LogP contribution in [0.2, 0.25) is 0 Å². The van der Waals surface area contributed by atoms with Crippen LogP contribution in [0.15, 0.2) is 69.7 Å². The summed E-state index contributed by atoms with van der Waals surface area (Å²) in [5.74, 6) is -0.300. The summed E-state index contributed by atoms with van der Waals surface area (Å²) in [5.41, 5.74) is 8.70.